The Labute approximate surface area is 525 Å². The number of unbranched alkanes of at least 4 members (excludes halogenated alkanes) is 8. The van der Waals surface area contributed by atoms with Crippen molar-refractivity contribution in [2.24, 2.45) is 0 Å². The zero-order chi connectivity index (χ0) is 71.5. The molecule has 0 aliphatic rings. The fourth-order valence-corrected chi connectivity index (χ4v) is 16.6. The van der Waals surface area contributed by atoms with E-state index in [0.717, 1.165) is 23.7 Å². The minimum absolute atomic E-state index is 0.965. The highest BCUT2D eigenvalue weighted by atomic mass is 28.4. The first-order valence-corrected chi connectivity index (χ1v) is 34.1. The zero-order valence-corrected chi connectivity index (χ0v) is 51.6. The number of halogens is 30. The van der Waals surface area contributed by atoms with Crippen molar-refractivity contribution >= 4 is 63.2 Å². The third kappa shape index (κ3) is 15.6. The summed E-state index contributed by atoms with van der Waals surface area (Å²) in [5.74, 6) is -87.1. The van der Waals surface area contributed by atoms with Crippen LogP contribution < -0.4 is 31.0 Å². The first kappa shape index (κ1) is 76.7. The topological polar surface area (TPSA) is 37.9 Å². The van der Waals surface area contributed by atoms with E-state index in [2.05, 4.69) is 60.8 Å². The van der Waals surface area contributed by atoms with Crippen LogP contribution in [0, 0.1) is 175 Å². The molecule has 36 heteroatoms. The summed E-state index contributed by atoms with van der Waals surface area (Å²) < 4.78 is 409. The molecule has 1 aromatic heterocycles. The van der Waals surface area contributed by atoms with Crippen molar-refractivity contribution in [3.63, 3.8) is 0 Å². The van der Waals surface area contributed by atoms with Gasteiger partial charge in [-0.25, -0.2) is 137 Å². The first-order chi connectivity index (χ1) is 44.3. The predicted molar refractivity (Wildman–Crippen MR) is 286 cm³/mol. The van der Waals surface area contributed by atoms with Crippen molar-refractivity contribution in [3.8, 4) is 17.0 Å². The molecule has 8 aromatic rings. The molecule has 8 rings (SSSR count). The van der Waals surface area contributed by atoms with Gasteiger partial charge in [-0.15, -0.1) is 0 Å². The van der Waals surface area contributed by atoms with Crippen LogP contribution in [0.5, 0.6) is 5.75 Å². The normalized spacial score (nSPS) is 11.5. The molecular formula is C59H38Al2F30N2OSi. The van der Waals surface area contributed by atoms with Crippen molar-refractivity contribution < 1.29 is 136 Å². The lowest BCUT2D eigenvalue weighted by atomic mass is 10.1. The van der Waals surface area contributed by atoms with Gasteiger partial charge in [0.1, 0.15) is 11.6 Å². The molecule has 0 atom stereocenters. The van der Waals surface area contributed by atoms with E-state index in [-0.39, 0.29) is 0 Å². The number of benzene rings is 7. The third-order valence-electron chi connectivity index (χ3n) is 13.9. The number of hydrogen-bond acceptors (Lipinski definition) is 2. The van der Waals surface area contributed by atoms with Crippen molar-refractivity contribution in [1.29, 1.82) is 0 Å². The summed E-state index contributed by atoms with van der Waals surface area (Å²) in [6, 6.07) is 8.36. The van der Waals surface area contributed by atoms with Gasteiger partial charge in [0, 0.05) is 6.42 Å². The second-order valence-electron chi connectivity index (χ2n) is 21.3. The van der Waals surface area contributed by atoms with Crippen LogP contribution in [0.3, 0.4) is 0 Å². The Hall–Kier alpha value is -7.27. The number of aromatic nitrogens is 2. The number of nitrogens with one attached hydrogen (secondary N) is 1. The highest BCUT2D eigenvalue weighted by molar-refractivity contribution is 6.96. The molecule has 0 aliphatic heterocycles. The lowest BCUT2D eigenvalue weighted by molar-refractivity contribution is 0.380. The number of imidazole rings is 1. The average Bonchev–Trinajstić information content (AvgIpc) is 1.55. The Balaban J connectivity index is 0.000000227. The van der Waals surface area contributed by atoms with E-state index in [0.29, 0.717) is 0 Å². The second kappa shape index (κ2) is 31.3. The molecule has 1 heterocycles. The summed E-state index contributed by atoms with van der Waals surface area (Å²) in [6.45, 7) is 8.88. The fourth-order valence-electron chi connectivity index (χ4n) is 9.41. The number of H-pyrrole nitrogens is 1. The molecule has 0 bridgehead atoms. The Kier molecular flexibility index (Phi) is 25.3. The van der Waals surface area contributed by atoms with Gasteiger partial charge in [-0.2, -0.15) is 0 Å². The molecule has 0 saturated heterocycles. The maximum atomic E-state index is 14.4. The average molecular weight is 1440 g/mol. The van der Waals surface area contributed by atoms with Gasteiger partial charge in [0.05, 0.1) is 11.9 Å². The summed E-state index contributed by atoms with van der Waals surface area (Å²) in [4.78, 5) is 8.04. The molecule has 7 aromatic carbocycles. The lowest BCUT2D eigenvalue weighted by Crippen LogP contribution is -2.60. The van der Waals surface area contributed by atoms with Crippen molar-refractivity contribution in [3.05, 3.63) is 211 Å². The third-order valence-corrected chi connectivity index (χ3v) is 21.3. The Morgan fingerprint density at radius 1 is 0.305 bits per heavy atom. The molecule has 95 heavy (non-hydrogen) atoms. The number of aromatic amines is 1. The fraction of sp³-hybridized carbons (Fsp3) is 0.237. The number of rotatable bonds is 19. The van der Waals surface area contributed by atoms with E-state index >= 15 is 0 Å². The van der Waals surface area contributed by atoms with E-state index in [4.69, 9.17) is 4.43 Å². The largest absolute Gasteiger partial charge is 0.544 e. The van der Waals surface area contributed by atoms with E-state index in [1.807, 2.05) is 6.20 Å². The Morgan fingerprint density at radius 2 is 0.516 bits per heavy atom. The van der Waals surface area contributed by atoms with Crippen LogP contribution in [-0.2, 0) is 6.42 Å². The van der Waals surface area contributed by atoms with E-state index < -0.39 is 238 Å². The summed E-state index contributed by atoms with van der Waals surface area (Å²) in [5.41, 5.74) is 2.27. The van der Waals surface area contributed by atoms with Crippen molar-refractivity contribution in [2.75, 3.05) is 0 Å². The van der Waals surface area contributed by atoms with Crippen LogP contribution in [0.1, 0.15) is 70.5 Å². The van der Waals surface area contributed by atoms with Gasteiger partial charge >= 0.3 is 28.3 Å². The molecule has 0 spiro atoms. The molecule has 0 aliphatic carbocycles. The summed E-state index contributed by atoms with van der Waals surface area (Å²) in [6.07, 6.45) is 15.3. The minimum atomic E-state index is -5.96. The maximum absolute atomic E-state index is 14.4. The maximum Gasteiger partial charge on any atom is 0.413 e. The minimum Gasteiger partial charge on any atom is -0.544 e. The van der Waals surface area contributed by atoms with Crippen molar-refractivity contribution in [2.45, 2.75) is 90.8 Å². The summed E-state index contributed by atoms with van der Waals surface area (Å²) in [5, 5.41) is 0. The smallest absolute Gasteiger partial charge is 0.413 e. The number of aryl methyl sites for hydroxylation is 1. The monoisotopic (exact) mass is 1440 g/mol. The molecule has 0 fully saturated rings. The van der Waals surface area contributed by atoms with Crippen LogP contribution in [0.25, 0.3) is 11.3 Å². The van der Waals surface area contributed by atoms with Crippen LogP contribution in [0.4, 0.5) is 132 Å². The molecular weight excluding hydrogens is 1400 g/mol. The molecule has 0 saturated carbocycles. The molecule has 0 amide bonds. The Morgan fingerprint density at radius 3 is 0.737 bits per heavy atom. The van der Waals surface area contributed by atoms with Gasteiger partial charge in [-0.3, -0.25) is 0 Å². The van der Waals surface area contributed by atoms with Gasteiger partial charge < -0.3 is 9.41 Å². The lowest BCUT2D eigenvalue weighted by Gasteiger charge is -2.20. The quantitative estimate of drug-likeness (QED) is 0.0288. The predicted octanol–water partition coefficient (Wildman–Crippen LogP) is 15.9. The van der Waals surface area contributed by atoms with Gasteiger partial charge in [0.15, 0.2) is 175 Å². The van der Waals surface area contributed by atoms with Gasteiger partial charge in [-0.1, -0.05) is 58.3 Å². The molecule has 0 radical (unpaired) electrons. The Bertz CT molecular complexity index is 3510. The van der Waals surface area contributed by atoms with Gasteiger partial charge in [0.25, 0.3) is 0 Å². The number of nitrogens with zero attached hydrogens (tertiary/aromatic N) is 1. The standard InChI is InChI=1S/C23H38N2OSi.6C6F5.2Al/c1-5-6-7-8-9-10-11-12-13-14-23-24-19-22(25-23)20-15-17-21(18-16-20)26-27(2,3)4;6*7-2-1-3(8)5(10)6(11)4(2)9;;/h15-19H,5-14H2,1-4H3,(H,24,25);;;;;;;;. The van der Waals surface area contributed by atoms with Crippen LogP contribution >= 0.6 is 0 Å². The van der Waals surface area contributed by atoms with Crippen molar-refractivity contribution in [1.82, 2.24) is 9.97 Å². The summed E-state index contributed by atoms with van der Waals surface area (Å²) >= 11 is -11.9. The first-order valence-electron chi connectivity index (χ1n) is 27.2. The van der Waals surface area contributed by atoms with Crippen LogP contribution in [0.15, 0.2) is 30.5 Å². The van der Waals surface area contributed by atoms with E-state index in [9.17, 15) is 132 Å². The highest BCUT2D eigenvalue weighted by Crippen LogP contribution is 2.29. The SMILES string of the molecule is CCCCCCCCCCCc1ncc(-c2ccc(O[Si](C)(C)C)cc2)[nH]1.Fc1c(F)c(F)[c]([Al]([c]2c(F)c(F)c(F)c(F)c2F)[c]2c(F)c(F)c(F)c(F)c2F)c(F)c1F.Fc1c(F)c(F)[c]([Al]([c]2c(F)c(F)c(F)c(F)c2F)[c]2c(F)c(F)c(F)c(F)c2F)c(F)c1F. The van der Waals surface area contributed by atoms with Gasteiger partial charge in [0.2, 0.25) is 8.32 Å². The highest BCUT2D eigenvalue weighted by Gasteiger charge is 2.49. The van der Waals surface area contributed by atoms with E-state index in [1.54, 1.807) is 0 Å². The summed E-state index contributed by atoms with van der Waals surface area (Å²) in [7, 11) is -1.54. The van der Waals surface area contributed by atoms with Crippen LogP contribution in [-0.4, -0.2) is 46.6 Å². The zero-order valence-electron chi connectivity index (χ0n) is 48.3. The molecule has 1 N–H and O–H groups in total. The van der Waals surface area contributed by atoms with Crippen LogP contribution in [0.2, 0.25) is 19.6 Å². The van der Waals surface area contributed by atoms with E-state index in [1.165, 1.54) is 63.4 Å². The number of hydrogen-bond donors (Lipinski definition) is 1. The van der Waals surface area contributed by atoms with Gasteiger partial charge in [-0.05, 0) is 82.4 Å². The molecule has 3 nitrogen and oxygen atoms in total. The molecule has 510 valence electrons. The molecule has 0 unspecified atom stereocenters. The second-order valence-corrected chi connectivity index (χ2v) is 31.0.